The van der Waals surface area contributed by atoms with Gasteiger partial charge in [-0.15, -0.1) is 11.3 Å². The first-order chi connectivity index (χ1) is 14.1. The molecule has 3 nitrogen and oxygen atoms in total. The van der Waals surface area contributed by atoms with Crippen LogP contribution in [0, 0.1) is 11.3 Å². The lowest BCUT2D eigenvalue weighted by Crippen LogP contribution is -2.06. The van der Waals surface area contributed by atoms with Gasteiger partial charge in [-0.2, -0.15) is 5.26 Å². The molecule has 0 amide bonds. The van der Waals surface area contributed by atoms with E-state index in [-0.39, 0.29) is 6.10 Å². The number of ether oxygens (including phenoxy) is 1. The minimum Gasteiger partial charge on any atom is -0.490 e. The van der Waals surface area contributed by atoms with Crippen molar-refractivity contribution < 1.29 is 4.74 Å². The molecule has 2 aromatic carbocycles. The zero-order chi connectivity index (χ0) is 20.8. The molecule has 0 unspecified atom stereocenters. The third-order valence-corrected chi connectivity index (χ3v) is 5.99. The van der Waals surface area contributed by atoms with Crippen LogP contribution in [0.15, 0.2) is 42.6 Å². The minimum atomic E-state index is 0.0341. The monoisotopic (exact) mass is 402 g/mol. The number of nitrogens with zero attached hydrogens (tertiary/aromatic N) is 2. The van der Waals surface area contributed by atoms with Gasteiger partial charge in [0.15, 0.2) is 0 Å². The summed E-state index contributed by atoms with van der Waals surface area (Å²) in [6.07, 6.45) is 6.56. The van der Waals surface area contributed by atoms with Crippen LogP contribution in [0.5, 0.6) is 5.75 Å². The third kappa shape index (κ3) is 4.89. The van der Waals surface area contributed by atoms with Crippen LogP contribution in [0.2, 0.25) is 6.32 Å². The second-order valence-corrected chi connectivity index (χ2v) is 8.45. The van der Waals surface area contributed by atoms with Crippen LogP contribution in [0.3, 0.4) is 0 Å². The third-order valence-electron chi connectivity index (χ3n) is 4.91. The highest BCUT2D eigenvalue weighted by Gasteiger charge is 2.14. The van der Waals surface area contributed by atoms with Gasteiger partial charge >= 0.3 is 0 Å². The van der Waals surface area contributed by atoms with Crippen molar-refractivity contribution in [2.24, 2.45) is 0 Å². The second-order valence-electron chi connectivity index (χ2n) is 7.42. The minimum absolute atomic E-state index is 0.0341. The zero-order valence-electron chi connectivity index (χ0n) is 17.7. The Kier molecular flexibility index (Phi) is 7.11. The largest absolute Gasteiger partial charge is 0.490 e. The van der Waals surface area contributed by atoms with Crippen LogP contribution in [0.4, 0.5) is 0 Å². The van der Waals surface area contributed by atoms with E-state index in [4.69, 9.17) is 4.74 Å². The molecule has 148 valence electrons. The topological polar surface area (TPSA) is 45.9 Å². The molecule has 0 aliphatic heterocycles. The lowest BCUT2D eigenvalue weighted by atomic mass is 9.92. The van der Waals surface area contributed by atoms with E-state index in [0.717, 1.165) is 23.4 Å². The molecule has 0 radical (unpaired) electrons. The molecular weight excluding hydrogens is 375 g/mol. The van der Waals surface area contributed by atoms with Crippen LogP contribution in [0.25, 0.3) is 21.0 Å². The van der Waals surface area contributed by atoms with Gasteiger partial charge in [-0.3, -0.25) is 0 Å². The molecule has 0 saturated carbocycles. The normalized spacial score (nSPS) is 10.9. The first kappa shape index (κ1) is 21.1. The van der Waals surface area contributed by atoms with E-state index in [9.17, 15) is 5.26 Å². The van der Waals surface area contributed by atoms with Crippen molar-refractivity contribution in [2.45, 2.75) is 52.5 Å². The van der Waals surface area contributed by atoms with Gasteiger partial charge in [0.2, 0.25) is 0 Å². The summed E-state index contributed by atoms with van der Waals surface area (Å²) < 4.78 is 5.74. The quantitative estimate of drug-likeness (QED) is 0.455. The van der Waals surface area contributed by atoms with E-state index in [1.54, 1.807) is 11.3 Å². The number of nitriles is 1. The number of aromatic nitrogens is 1. The Morgan fingerprint density at radius 1 is 1.24 bits per heavy atom. The van der Waals surface area contributed by atoms with Crippen molar-refractivity contribution in [1.82, 2.24) is 4.98 Å². The van der Waals surface area contributed by atoms with Crippen molar-refractivity contribution in [1.29, 1.82) is 5.26 Å². The fourth-order valence-electron chi connectivity index (χ4n) is 3.52. The van der Waals surface area contributed by atoms with E-state index in [1.165, 1.54) is 34.3 Å². The summed E-state index contributed by atoms with van der Waals surface area (Å²) in [6.45, 7) is 6.15. The van der Waals surface area contributed by atoms with E-state index in [0.29, 0.717) is 11.3 Å². The Bertz CT molecular complexity index is 1020. The van der Waals surface area contributed by atoms with Gasteiger partial charge in [-0.25, -0.2) is 4.98 Å². The summed E-state index contributed by atoms with van der Waals surface area (Å²) in [5.74, 6) is 0.625. The highest BCUT2D eigenvalue weighted by atomic mass is 32.1. The molecule has 0 bridgehead atoms. The van der Waals surface area contributed by atoms with Gasteiger partial charge < -0.3 is 4.74 Å². The molecule has 0 fully saturated rings. The molecule has 0 aliphatic carbocycles. The average molecular weight is 402 g/mol. The fourth-order valence-corrected chi connectivity index (χ4v) is 4.49. The lowest BCUT2D eigenvalue weighted by molar-refractivity contribution is 0.242. The number of hydrogen-bond acceptors (Lipinski definition) is 4. The van der Waals surface area contributed by atoms with Crippen LogP contribution >= 0.6 is 11.3 Å². The van der Waals surface area contributed by atoms with Gasteiger partial charge in [0, 0.05) is 11.8 Å². The Morgan fingerprint density at radius 2 is 2.07 bits per heavy atom. The maximum Gasteiger partial charge on any atom is 0.137 e. The Labute approximate surface area is 178 Å². The first-order valence-corrected chi connectivity index (χ1v) is 11.2. The molecule has 0 atom stereocenters. The van der Waals surface area contributed by atoms with E-state index < -0.39 is 0 Å². The summed E-state index contributed by atoms with van der Waals surface area (Å²) in [5, 5.41) is 10.4. The second kappa shape index (κ2) is 9.76. The van der Waals surface area contributed by atoms with Crippen LogP contribution < -0.4 is 4.74 Å². The van der Waals surface area contributed by atoms with E-state index in [1.807, 2.05) is 38.2 Å². The molecule has 0 saturated heterocycles. The highest BCUT2D eigenvalue weighted by molar-refractivity contribution is 7.18. The smallest absolute Gasteiger partial charge is 0.137 e. The number of thiazole rings is 1. The molecule has 3 rings (SSSR count). The Morgan fingerprint density at radius 3 is 2.76 bits per heavy atom. The SMILES string of the molecule is BCCCc1cccc(-c2cnc(-c3ccc(OC(C)C)c(C#N)c3)s2)c1CC. The number of hydrogen-bond donors (Lipinski definition) is 0. The summed E-state index contributed by atoms with van der Waals surface area (Å²) in [4.78, 5) is 5.84. The zero-order valence-corrected chi connectivity index (χ0v) is 18.5. The Balaban J connectivity index is 1.95. The van der Waals surface area contributed by atoms with Crippen LogP contribution in [0.1, 0.15) is 43.9 Å². The average Bonchev–Trinajstić information content (AvgIpc) is 3.21. The summed E-state index contributed by atoms with van der Waals surface area (Å²) in [5.41, 5.74) is 5.65. The molecule has 1 heterocycles. The number of rotatable bonds is 8. The molecule has 0 aliphatic rings. The van der Waals surface area contributed by atoms with Crippen molar-refractivity contribution in [2.75, 3.05) is 0 Å². The van der Waals surface area contributed by atoms with Gasteiger partial charge in [-0.1, -0.05) is 37.9 Å². The highest BCUT2D eigenvalue weighted by Crippen LogP contribution is 2.36. The Hall–Kier alpha value is -2.58. The molecular formula is C24H27BN2OS. The maximum absolute atomic E-state index is 9.51. The summed E-state index contributed by atoms with van der Waals surface area (Å²) >= 11 is 1.68. The predicted octanol–water partition coefficient (Wildman–Crippen LogP) is 5.68. The van der Waals surface area contributed by atoms with E-state index in [2.05, 4.69) is 44.0 Å². The molecule has 3 aromatic rings. The number of benzene rings is 2. The van der Waals surface area contributed by atoms with Gasteiger partial charge in [0.05, 0.1) is 16.5 Å². The molecule has 1 aromatic heterocycles. The standard InChI is InChI=1S/C24H27BN2OS/c1-4-20-17(8-6-12-25)7-5-9-21(20)23-15-27-24(29-23)18-10-11-22(28-16(2)3)19(13-18)14-26/h5,7,9-11,13,15-16H,4,6,8,12,25H2,1-3H3. The van der Waals surface area contributed by atoms with Crippen molar-refractivity contribution in [3.63, 3.8) is 0 Å². The van der Waals surface area contributed by atoms with Crippen molar-refractivity contribution in [3.05, 3.63) is 59.3 Å². The van der Waals surface area contributed by atoms with Crippen molar-refractivity contribution >= 4 is 19.2 Å². The van der Waals surface area contributed by atoms with Crippen LogP contribution in [-0.2, 0) is 12.8 Å². The van der Waals surface area contributed by atoms with Crippen molar-refractivity contribution in [3.8, 4) is 32.8 Å². The fraction of sp³-hybridized carbons (Fsp3) is 0.333. The summed E-state index contributed by atoms with van der Waals surface area (Å²) in [7, 11) is 2.23. The molecule has 5 heteroatoms. The van der Waals surface area contributed by atoms with Crippen LogP contribution in [-0.4, -0.2) is 18.9 Å². The van der Waals surface area contributed by atoms with Gasteiger partial charge in [0.1, 0.15) is 24.7 Å². The summed E-state index contributed by atoms with van der Waals surface area (Å²) in [6, 6.07) is 14.6. The van der Waals surface area contributed by atoms with Gasteiger partial charge in [0.25, 0.3) is 0 Å². The lowest BCUT2D eigenvalue weighted by Gasteiger charge is -2.12. The molecule has 0 N–H and O–H groups in total. The molecule has 0 spiro atoms. The van der Waals surface area contributed by atoms with Gasteiger partial charge in [-0.05, 0) is 61.6 Å². The maximum atomic E-state index is 9.51. The number of aryl methyl sites for hydroxylation is 1. The van der Waals surface area contributed by atoms with E-state index >= 15 is 0 Å². The predicted molar refractivity (Wildman–Crippen MR) is 125 cm³/mol. The first-order valence-electron chi connectivity index (χ1n) is 10.4. The molecule has 29 heavy (non-hydrogen) atoms.